The summed E-state index contributed by atoms with van der Waals surface area (Å²) < 4.78 is 5.63. The Morgan fingerprint density at radius 3 is 2.65 bits per heavy atom. The fourth-order valence-corrected chi connectivity index (χ4v) is 3.77. The molecule has 4 atom stereocenters. The summed E-state index contributed by atoms with van der Waals surface area (Å²) in [6.07, 6.45) is 10.6. The van der Waals surface area contributed by atoms with Crippen molar-refractivity contribution in [2.75, 3.05) is 13.2 Å². The molecule has 2 heteroatoms. The van der Waals surface area contributed by atoms with Crippen LogP contribution >= 0.6 is 0 Å². The Kier molecular flexibility index (Phi) is 3.72. The Hall–Kier alpha value is -0.0800. The van der Waals surface area contributed by atoms with E-state index >= 15 is 0 Å². The van der Waals surface area contributed by atoms with Gasteiger partial charge in [-0.3, -0.25) is 0 Å². The first-order chi connectivity index (χ1) is 8.33. The van der Waals surface area contributed by atoms with E-state index in [9.17, 15) is 0 Å². The van der Waals surface area contributed by atoms with E-state index in [0.717, 1.165) is 30.4 Å². The third kappa shape index (κ3) is 3.03. The van der Waals surface area contributed by atoms with Crippen LogP contribution in [0.3, 0.4) is 0 Å². The normalized spacial score (nSPS) is 42.9. The molecule has 0 amide bonds. The standard InChI is InChI=1S/C15H27NO/c1-11-14(7-8-17-11)10-16-15-4-2-3-13(9-15)12-5-6-12/h11-16H,2-10H2,1H3. The highest BCUT2D eigenvalue weighted by atomic mass is 16.5. The second kappa shape index (κ2) is 5.27. The molecule has 2 saturated carbocycles. The zero-order valence-corrected chi connectivity index (χ0v) is 11.2. The third-order valence-corrected chi connectivity index (χ3v) is 5.21. The number of hydrogen-bond donors (Lipinski definition) is 1. The van der Waals surface area contributed by atoms with E-state index in [0.29, 0.717) is 6.10 Å². The van der Waals surface area contributed by atoms with Gasteiger partial charge in [0.05, 0.1) is 6.10 Å². The van der Waals surface area contributed by atoms with Crippen molar-refractivity contribution in [2.24, 2.45) is 17.8 Å². The molecule has 3 rings (SSSR count). The predicted molar refractivity (Wildman–Crippen MR) is 70.0 cm³/mol. The summed E-state index contributed by atoms with van der Waals surface area (Å²) >= 11 is 0. The van der Waals surface area contributed by atoms with Gasteiger partial charge < -0.3 is 10.1 Å². The van der Waals surface area contributed by atoms with Gasteiger partial charge >= 0.3 is 0 Å². The lowest BCUT2D eigenvalue weighted by Gasteiger charge is -2.31. The summed E-state index contributed by atoms with van der Waals surface area (Å²) in [5.74, 6) is 2.92. The Bertz CT molecular complexity index is 251. The molecule has 0 bridgehead atoms. The summed E-state index contributed by atoms with van der Waals surface area (Å²) in [7, 11) is 0. The van der Waals surface area contributed by atoms with Crippen molar-refractivity contribution in [1.82, 2.24) is 5.32 Å². The van der Waals surface area contributed by atoms with Crippen LogP contribution in [-0.2, 0) is 4.74 Å². The second-order valence-corrected chi connectivity index (χ2v) is 6.49. The average molecular weight is 237 g/mol. The predicted octanol–water partition coefficient (Wildman–Crippen LogP) is 2.97. The van der Waals surface area contributed by atoms with Gasteiger partial charge in [-0.25, -0.2) is 0 Å². The van der Waals surface area contributed by atoms with Crippen molar-refractivity contribution in [3.63, 3.8) is 0 Å². The molecule has 2 nitrogen and oxygen atoms in total. The van der Waals surface area contributed by atoms with Crippen LogP contribution in [0.5, 0.6) is 0 Å². The van der Waals surface area contributed by atoms with Crippen molar-refractivity contribution < 1.29 is 4.74 Å². The van der Waals surface area contributed by atoms with Crippen LogP contribution in [0.1, 0.15) is 51.9 Å². The first kappa shape index (κ1) is 12.0. The summed E-state index contributed by atoms with van der Waals surface area (Å²) in [5, 5.41) is 3.83. The smallest absolute Gasteiger partial charge is 0.0588 e. The topological polar surface area (TPSA) is 21.3 Å². The van der Waals surface area contributed by atoms with Gasteiger partial charge in [-0.1, -0.05) is 12.8 Å². The van der Waals surface area contributed by atoms with E-state index in [1.807, 2.05) is 0 Å². The molecular formula is C15H27NO. The lowest BCUT2D eigenvalue weighted by molar-refractivity contribution is 0.104. The van der Waals surface area contributed by atoms with Gasteiger partial charge in [-0.2, -0.15) is 0 Å². The molecule has 1 heterocycles. The summed E-state index contributed by atoms with van der Waals surface area (Å²) in [4.78, 5) is 0. The molecule has 0 aromatic rings. The molecule has 3 aliphatic rings. The van der Waals surface area contributed by atoms with E-state index in [4.69, 9.17) is 4.74 Å². The highest BCUT2D eigenvalue weighted by Gasteiger charge is 2.35. The van der Waals surface area contributed by atoms with Gasteiger partial charge in [0.25, 0.3) is 0 Å². The SMILES string of the molecule is CC1OCCC1CNC1CCCC(C2CC2)C1. The van der Waals surface area contributed by atoms with E-state index in [1.165, 1.54) is 51.5 Å². The summed E-state index contributed by atoms with van der Waals surface area (Å²) in [6, 6.07) is 0.808. The number of hydrogen-bond acceptors (Lipinski definition) is 2. The number of ether oxygens (including phenoxy) is 1. The van der Waals surface area contributed by atoms with Crippen LogP contribution < -0.4 is 5.32 Å². The molecule has 1 N–H and O–H groups in total. The van der Waals surface area contributed by atoms with Gasteiger partial charge in [-0.15, -0.1) is 0 Å². The minimum Gasteiger partial charge on any atom is -0.378 e. The molecular weight excluding hydrogens is 210 g/mol. The van der Waals surface area contributed by atoms with Crippen molar-refractivity contribution in [2.45, 2.75) is 64.0 Å². The van der Waals surface area contributed by atoms with E-state index < -0.39 is 0 Å². The maximum atomic E-state index is 5.63. The van der Waals surface area contributed by atoms with Crippen LogP contribution in [-0.4, -0.2) is 25.3 Å². The number of rotatable bonds is 4. The molecule has 4 unspecified atom stereocenters. The fraction of sp³-hybridized carbons (Fsp3) is 1.00. The van der Waals surface area contributed by atoms with Crippen LogP contribution in [0.2, 0.25) is 0 Å². The fourth-order valence-electron chi connectivity index (χ4n) is 3.77. The van der Waals surface area contributed by atoms with Crippen molar-refractivity contribution in [1.29, 1.82) is 0 Å². The Morgan fingerprint density at radius 2 is 1.94 bits per heavy atom. The molecule has 2 aliphatic carbocycles. The van der Waals surface area contributed by atoms with Crippen molar-refractivity contribution in [3.05, 3.63) is 0 Å². The summed E-state index contributed by atoms with van der Waals surface area (Å²) in [6.45, 7) is 4.39. The molecule has 1 saturated heterocycles. The molecule has 17 heavy (non-hydrogen) atoms. The quantitative estimate of drug-likeness (QED) is 0.811. The Morgan fingerprint density at radius 1 is 1.06 bits per heavy atom. The van der Waals surface area contributed by atoms with E-state index in [-0.39, 0.29) is 0 Å². The Labute approximate surface area is 105 Å². The Balaban J connectivity index is 1.41. The van der Waals surface area contributed by atoms with Crippen molar-refractivity contribution in [3.8, 4) is 0 Å². The van der Waals surface area contributed by atoms with Gasteiger partial charge in [0.15, 0.2) is 0 Å². The zero-order valence-electron chi connectivity index (χ0n) is 11.2. The van der Waals surface area contributed by atoms with Gasteiger partial charge in [0.2, 0.25) is 0 Å². The van der Waals surface area contributed by atoms with Gasteiger partial charge in [0, 0.05) is 19.2 Å². The van der Waals surface area contributed by atoms with Crippen molar-refractivity contribution >= 4 is 0 Å². The van der Waals surface area contributed by atoms with Crippen LogP contribution in [0.4, 0.5) is 0 Å². The average Bonchev–Trinajstić information content (AvgIpc) is 3.12. The monoisotopic (exact) mass is 237 g/mol. The first-order valence-corrected chi connectivity index (χ1v) is 7.68. The maximum Gasteiger partial charge on any atom is 0.0588 e. The lowest BCUT2D eigenvalue weighted by atomic mass is 9.82. The molecule has 0 spiro atoms. The largest absolute Gasteiger partial charge is 0.378 e. The minimum atomic E-state index is 0.477. The zero-order chi connectivity index (χ0) is 11.7. The molecule has 0 radical (unpaired) electrons. The molecule has 3 fully saturated rings. The third-order valence-electron chi connectivity index (χ3n) is 5.21. The van der Waals surface area contributed by atoms with Gasteiger partial charge in [0.1, 0.15) is 0 Å². The highest BCUT2D eigenvalue weighted by molar-refractivity contribution is 4.88. The molecule has 0 aromatic heterocycles. The molecule has 1 aliphatic heterocycles. The van der Waals surface area contributed by atoms with Crippen LogP contribution in [0.25, 0.3) is 0 Å². The minimum absolute atomic E-state index is 0.477. The van der Waals surface area contributed by atoms with Crippen LogP contribution in [0, 0.1) is 17.8 Å². The lowest BCUT2D eigenvalue weighted by Crippen LogP contribution is -2.38. The number of nitrogens with one attached hydrogen (secondary N) is 1. The first-order valence-electron chi connectivity index (χ1n) is 7.68. The molecule has 98 valence electrons. The second-order valence-electron chi connectivity index (χ2n) is 6.49. The molecule has 0 aromatic carbocycles. The van der Waals surface area contributed by atoms with Crippen LogP contribution in [0.15, 0.2) is 0 Å². The van der Waals surface area contributed by atoms with E-state index in [1.54, 1.807) is 0 Å². The van der Waals surface area contributed by atoms with E-state index in [2.05, 4.69) is 12.2 Å². The maximum absolute atomic E-state index is 5.63. The van der Waals surface area contributed by atoms with Gasteiger partial charge in [-0.05, 0) is 56.8 Å². The highest BCUT2D eigenvalue weighted by Crippen LogP contribution is 2.43. The summed E-state index contributed by atoms with van der Waals surface area (Å²) in [5.41, 5.74) is 0.